The van der Waals surface area contributed by atoms with E-state index in [2.05, 4.69) is 20.7 Å². The fourth-order valence-corrected chi connectivity index (χ4v) is 4.07. The SMILES string of the molecule is CNC(=O)C(NC(=O)c1nn(-c2c[n+](C)ccn2)c2c1CC1CC21)C(C)(C)C. The number of aryl methyl sites for hydroxylation is 1. The molecular formula is C20H27N6O2+. The Labute approximate surface area is 164 Å². The molecule has 2 heterocycles. The van der Waals surface area contributed by atoms with Crippen LogP contribution in [0.2, 0.25) is 0 Å². The molecule has 0 aromatic carbocycles. The van der Waals surface area contributed by atoms with Gasteiger partial charge in [0.2, 0.25) is 17.9 Å². The van der Waals surface area contributed by atoms with Crippen LogP contribution >= 0.6 is 0 Å². The Morgan fingerprint density at radius 3 is 2.75 bits per heavy atom. The highest BCUT2D eigenvalue weighted by atomic mass is 16.2. The van der Waals surface area contributed by atoms with Gasteiger partial charge < -0.3 is 10.6 Å². The summed E-state index contributed by atoms with van der Waals surface area (Å²) in [6, 6.07) is -0.644. The van der Waals surface area contributed by atoms with Crippen molar-refractivity contribution in [2.75, 3.05) is 7.05 Å². The third kappa shape index (κ3) is 3.06. The Morgan fingerprint density at radius 1 is 1.36 bits per heavy atom. The second-order valence-electron chi connectivity index (χ2n) is 8.90. The van der Waals surface area contributed by atoms with Gasteiger partial charge in [-0.3, -0.25) is 9.59 Å². The summed E-state index contributed by atoms with van der Waals surface area (Å²) >= 11 is 0. The van der Waals surface area contributed by atoms with Gasteiger partial charge in [-0.1, -0.05) is 20.8 Å². The maximum Gasteiger partial charge on any atom is 0.272 e. The van der Waals surface area contributed by atoms with Gasteiger partial charge in [0.15, 0.2) is 11.9 Å². The van der Waals surface area contributed by atoms with E-state index in [-0.39, 0.29) is 11.8 Å². The van der Waals surface area contributed by atoms with Gasteiger partial charge in [-0.05, 0) is 24.2 Å². The number of likely N-dealkylation sites (N-methyl/N-ethyl adjacent to an activating group) is 1. The van der Waals surface area contributed by atoms with E-state index in [1.54, 1.807) is 13.2 Å². The van der Waals surface area contributed by atoms with E-state index >= 15 is 0 Å². The van der Waals surface area contributed by atoms with Gasteiger partial charge in [0, 0.05) is 18.5 Å². The molecule has 4 rings (SSSR count). The van der Waals surface area contributed by atoms with Crippen molar-refractivity contribution < 1.29 is 14.2 Å². The van der Waals surface area contributed by atoms with Gasteiger partial charge in [-0.25, -0.2) is 14.2 Å². The normalized spacial score (nSPS) is 20.9. The molecule has 2 aromatic rings. The highest BCUT2D eigenvalue weighted by Crippen LogP contribution is 2.57. The lowest BCUT2D eigenvalue weighted by molar-refractivity contribution is -0.671. The first kappa shape index (κ1) is 18.6. The smallest absolute Gasteiger partial charge is 0.272 e. The number of rotatable bonds is 4. The molecule has 1 saturated carbocycles. The first-order valence-corrected chi connectivity index (χ1v) is 9.66. The molecule has 0 radical (unpaired) electrons. The van der Waals surface area contributed by atoms with Crippen molar-refractivity contribution in [2.45, 2.75) is 45.6 Å². The second-order valence-corrected chi connectivity index (χ2v) is 8.90. The van der Waals surface area contributed by atoms with E-state index in [0.717, 1.165) is 24.1 Å². The highest BCUT2D eigenvalue weighted by molar-refractivity contribution is 5.98. The van der Waals surface area contributed by atoms with Crippen molar-refractivity contribution >= 4 is 11.8 Å². The zero-order valence-electron chi connectivity index (χ0n) is 17.0. The molecule has 2 aliphatic carbocycles. The Morgan fingerprint density at radius 2 is 2.11 bits per heavy atom. The zero-order chi connectivity index (χ0) is 20.2. The van der Waals surface area contributed by atoms with Gasteiger partial charge in [0.25, 0.3) is 5.91 Å². The van der Waals surface area contributed by atoms with Gasteiger partial charge in [-0.2, -0.15) is 5.10 Å². The number of carbonyl (C=O) groups is 2. The van der Waals surface area contributed by atoms with E-state index in [4.69, 9.17) is 0 Å². The van der Waals surface area contributed by atoms with E-state index < -0.39 is 11.5 Å². The quantitative estimate of drug-likeness (QED) is 0.758. The van der Waals surface area contributed by atoms with Crippen LogP contribution in [-0.4, -0.2) is 39.7 Å². The number of nitrogens with one attached hydrogen (secondary N) is 2. The van der Waals surface area contributed by atoms with Crippen LogP contribution in [0.3, 0.4) is 0 Å². The van der Waals surface area contributed by atoms with E-state index in [9.17, 15) is 9.59 Å². The van der Waals surface area contributed by atoms with E-state index in [0.29, 0.717) is 23.3 Å². The van der Waals surface area contributed by atoms with Crippen molar-refractivity contribution in [3.05, 3.63) is 35.5 Å². The predicted molar refractivity (Wildman–Crippen MR) is 102 cm³/mol. The molecule has 2 aromatic heterocycles. The van der Waals surface area contributed by atoms with E-state index in [1.807, 2.05) is 49.5 Å². The number of nitrogens with zero attached hydrogens (tertiary/aromatic N) is 4. The predicted octanol–water partition coefficient (Wildman–Crippen LogP) is 0.642. The molecule has 0 bridgehead atoms. The number of aromatic nitrogens is 4. The maximum absolute atomic E-state index is 13.1. The topological polar surface area (TPSA) is 92.8 Å². The lowest BCUT2D eigenvalue weighted by atomic mass is 9.86. The van der Waals surface area contributed by atoms with Crippen LogP contribution in [-0.2, 0) is 18.3 Å². The number of carbonyl (C=O) groups excluding carboxylic acids is 2. The van der Waals surface area contributed by atoms with Crippen molar-refractivity contribution in [3.63, 3.8) is 0 Å². The zero-order valence-corrected chi connectivity index (χ0v) is 17.0. The molecule has 0 spiro atoms. The van der Waals surface area contributed by atoms with Crippen molar-refractivity contribution in [1.29, 1.82) is 0 Å². The third-order valence-electron chi connectivity index (χ3n) is 5.67. The molecule has 8 nitrogen and oxygen atoms in total. The van der Waals surface area contributed by atoms with Crippen LogP contribution in [0, 0.1) is 11.3 Å². The first-order chi connectivity index (χ1) is 13.2. The Balaban J connectivity index is 1.71. The van der Waals surface area contributed by atoms with Crippen LogP contribution in [0.25, 0.3) is 5.82 Å². The Hall–Kier alpha value is -2.77. The lowest BCUT2D eigenvalue weighted by Crippen LogP contribution is -2.53. The summed E-state index contributed by atoms with van der Waals surface area (Å²) in [5.41, 5.74) is 2.09. The fourth-order valence-electron chi connectivity index (χ4n) is 4.07. The number of amides is 2. The minimum Gasteiger partial charge on any atom is -0.357 e. The molecule has 2 aliphatic rings. The summed E-state index contributed by atoms with van der Waals surface area (Å²) in [5.74, 6) is 1.23. The molecule has 1 fully saturated rings. The molecule has 3 atom stereocenters. The molecule has 0 saturated heterocycles. The van der Waals surface area contributed by atoms with Crippen LogP contribution in [0.4, 0.5) is 0 Å². The minimum absolute atomic E-state index is 0.212. The molecule has 8 heteroatoms. The molecule has 28 heavy (non-hydrogen) atoms. The van der Waals surface area contributed by atoms with Gasteiger partial charge in [0.05, 0.1) is 11.9 Å². The fraction of sp³-hybridized carbons (Fsp3) is 0.550. The van der Waals surface area contributed by atoms with Crippen molar-refractivity contribution in [3.8, 4) is 5.82 Å². The highest BCUT2D eigenvalue weighted by Gasteiger charge is 2.50. The molecule has 148 valence electrons. The number of hydrogen-bond acceptors (Lipinski definition) is 4. The van der Waals surface area contributed by atoms with Gasteiger partial charge in [0.1, 0.15) is 13.1 Å². The molecule has 3 unspecified atom stereocenters. The van der Waals surface area contributed by atoms with Crippen LogP contribution < -0.4 is 15.2 Å². The van der Waals surface area contributed by atoms with Crippen LogP contribution in [0.5, 0.6) is 0 Å². The summed E-state index contributed by atoms with van der Waals surface area (Å²) in [6.45, 7) is 5.79. The maximum atomic E-state index is 13.1. The summed E-state index contributed by atoms with van der Waals surface area (Å²) in [4.78, 5) is 29.9. The Kier molecular flexibility index (Phi) is 4.24. The van der Waals surface area contributed by atoms with Crippen molar-refractivity contribution in [1.82, 2.24) is 25.4 Å². The molecule has 0 aliphatic heterocycles. The standard InChI is InChI=1S/C20H26N6O2/c1-20(2,3)17(19(28)21-4)23-18(27)15-13-9-11-8-12(11)16(13)26(24-15)14-10-25(5)7-6-22-14/h6-7,10-12,17H,8-9H2,1-5H3,(H-,21,23,27,28)/p+1. The summed E-state index contributed by atoms with van der Waals surface area (Å²) in [6.07, 6.45) is 7.48. The van der Waals surface area contributed by atoms with Crippen molar-refractivity contribution in [2.24, 2.45) is 18.4 Å². The summed E-state index contributed by atoms with van der Waals surface area (Å²) in [5, 5.41) is 10.2. The van der Waals surface area contributed by atoms with Gasteiger partial charge >= 0.3 is 0 Å². The monoisotopic (exact) mass is 383 g/mol. The second kappa shape index (κ2) is 6.39. The summed E-state index contributed by atoms with van der Waals surface area (Å²) < 4.78 is 3.73. The van der Waals surface area contributed by atoms with Crippen LogP contribution in [0.1, 0.15) is 54.9 Å². The van der Waals surface area contributed by atoms with Crippen LogP contribution in [0.15, 0.2) is 18.6 Å². The van der Waals surface area contributed by atoms with Gasteiger partial charge in [-0.15, -0.1) is 0 Å². The molecular weight excluding hydrogens is 356 g/mol. The first-order valence-electron chi connectivity index (χ1n) is 9.66. The number of hydrogen-bond donors (Lipinski definition) is 2. The average Bonchev–Trinajstić information content (AvgIpc) is 3.13. The third-order valence-corrected chi connectivity index (χ3v) is 5.67. The average molecular weight is 383 g/mol. The minimum atomic E-state index is -0.644. The number of fused-ring (bicyclic) bond motifs is 3. The Bertz CT molecular complexity index is 958. The lowest BCUT2D eigenvalue weighted by Gasteiger charge is -2.29. The molecule has 2 amide bonds. The largest absolute Gasteiger partial charge is 0.357 e. The van der Waals surface area contributed by atoms with E-state index in [1.165, 1.54) is 0 Å². The summed E-state index contributed by atoms with van der Waals surface area (Å²) in [7, 11) is 3.51. The molecule has 2 N–H and O–H groups in total.